The predicted octanol–water partition coefficient (Wildman–Crippen LogP) is 3.08. The van der Waals surface area contributed by atoms with Gasteiger partial charge in [0, 0.05) is 6.04 Å². The summed E-state index contributed by atoms with van der Waals surface area (Å²) in [5.74, 6) is -1.80. The number of ether oxygens (including phenoxy) is 1. The van der Waals surface area contributed by atoms with Gasteiger partial charge in [-0.15, -0.1) is 0 Å². The normalized spacial score (nSPS) is 20.7. The fourth-order valence-electron chi connectivity index (χ4n) is 2.77. The third-order valence-electron chi connectivity index (χ3n) is 4.05. The fraction of sp³-hybridized carbons (Fsp3) is 0.375. The highest BCUT2D eigenvalue weighted by Gasteiger charge is 2.28. The maximum absolute atomic E-state index is 13.7. The van der Waals surface area contributed by atoms with Crippen molar-refractivity contribution in [1.29, 1.82) is 0 Å². The van der Waals surface area contributed by atoms with Crippen LogP contribution in [0.2, 0.25) is 5.02 Å². The number of hydrogen-bond donors (Lipinski definition) is 1. The molecule has 3 rings (SSSR count). The number of aromatic nitrogens is 2. The van der Waals surface area contributed by atoms with Crippen molar-refractivity contribution in [2.75, 3.05) is 0 Å². The van der Waals surface area contributed by atoms with E-state index in [9.17, 15) is 17.2 Å². The Labute approximate surface area is 154 Å². The van der Waals surface area contributed by atoms with Gasteiger partial charge in [0.2, 0.25) is 10.0 Å². The van der Waals surface area contributed by atoms with Crippen LogP contribution in [0.4, 0.5) is 8.78 Å². The Hall–Kier alpha value is -1.84. The Kier molecular flexibility index (Phi) is 5.69. The van der Waals surface area contributed by atoms with E-state index in [4.69, 9.17) is 16.3 Å². The van der Waals surface area contributed by atoms with Gasteiger partial charge in [-0.3, -0.25) is 0 Å². The summed E-state index contributed by atoms with van der Waals surface area (Å²) in [5.41, 5.74) is 0. The van der Waals surface area contributed by atoms with Crippen LogP contribution in [0.25, 0.3) is 0 Å². The van der Waals surface area contributed by atoms with Crippen molar-refractivity contribution in [3.8, 4) is 6.01 Å². The Morgan fingerprint density at radius 2 is 1.77 bits per heavy atom. The minimum absolute atomic E-state index is 0.150. The number of nitrogens with one attached hydrogen (secondary N) is 1. The van der Waals surface area contributed by atoms with E-state index in [1.807, 2.05) is 0 Å². The minimum Gasteiger partial charge on any atom is -0.460 e. The van der Waals surface area contributed by atoms with Gasteiger partial charge in [-0.1, -0.05) is 11.6 Å². The lowest BCUT2D eigenvalue weighted by molar-refractivity contribution is 0.132. The molecule has 0 bridgehead atoms. The van der Waals surface area contributed by atoms with Crippen molar-refractivity contribution in [2.45, 2.75) is 42.7 Å². The van der Waals surface area contributed by atoms with E-state index in [2.05, 4.69) is 14.7 Å². The molecule has 26 heavy (non-hydrogen) atoms. The highest BCUT2D eigenvalue weighted by Crippen LogP contribution is 2.24. The standard InChI is InChI=1S/C16H16ClF2N3O3S/c17-10-8-20-16(21-9-10)25-13-4-2-12(3-5-13)22-26(23,24)15-7-11(18)1-6-14(15)19/h1,6-9,12-13,22H,2-5H2. The van der Waals surface area contributed by atoms with E-state index in [-0.39, 0.29) is 18.2 Å². The zero-order valence-corrected chi connectivity index (χ0v) is 15.1. The van der Waals surface area contributed by atoms with Gasteiger partial charge < -0.3 is 4.74 Å². The van der Waals surface area contributed by atoms with Gasteiger partial charge >= 0.3 is 6.01 Å². The summed E-state index contributed by atoms with van der Waals surface area (Å²) < 4.78 is 59.6. The summed E-state index contributed by atoms with van der Waals surface area (Å²) in [6.45, 7) is 0. The smallest absolute Gasteiger partial charge is 0.316 e. The van der Waals surface area contributed by atoms with Gasteiger partial charge in [-0.25, -0.2) is 31.9 Å². The van der Waals surface area contributed by atoms with Crippen LogP contribution in [0.1, 0.15) is 25.7 Å². The Morgan fingerprint density at radius 1 is 1.12 bits per heavy atom. The summed E-state index contributed by atoms with van der Waals surface area (Å²) in [5, 5.41) is 0.403. The van der Waals surface area contributed by atoms with Gasteiger partial charge in [-0.2, -0.15) is 0 Å². The first-order valence-electron chi connectivity index (χ1n) is 7.95. The Bertz CT molecular complexity index is 873. The minimum atomic E-state index is -4.14. The first-order valence-corrected chi connectivity index (χ1v) is 9.81. The molecular weight excluding hydrogens is 388 g/mol. The predicted molar refractivity (Wildman–Crippen MR) is 90.4 cm³/mol. The maximum atomic E-state index is 13.7. The van der Waals surface area contributed by atoms with Crippen molar-refractivity contribution >= 4 is 21.6 Å². The zero-order chi connectivity index (χ0) is 18.7. The van der Waals surface area contributed by atoms with E-state index in [0.29, 0.717) is 36.8 Å². The monoisotopic (exact) mass is 403 g/mol. The quantitative estimate of drug-likeness (QED) is 0.829. The molecule has 1 saturated carbocycles. The average molecular weight is 404 g/mol. The average Bonchev–Trinajstić information content (AvgIpc) is 2.60. The molecule has 1 N–H and O–H groups in total. The lowest BCUT2D eigenvalue weighted by Crippen LogP contribution is -2.40. The first kappa shape index (κ1) is 18.9. The molecule has 1 aromatic carbocycles. The number of halogens is 3. The molecule has 6 nitrogen and oxygen atoms in total. The van der Waals surface area contributed by atoms with Crippen molar-refractivity contribution in [3.63, 3.8) is 0 Å². The number of hydrogen-bond acceptors (Lipinski definition) is 5. The summed E-state index contributed by atoms with van der Waals surface area (Å²) >= 11 is 5.71. The van der Waals surface area contributed by atoms with Crippen LogP contribution in [0.5, 0.6) is 6.01 Å². The topological polar surface area (TPSA) is 81.2 Å². The molecule has 0 spiro atoms. The van der Waals surface area contributed by atoms with Crippen LogP contribution < -0.4 is 9.46 Å². The Balaban J connectivity index is 1.58. The van der Waals surface area contributed by atoms with E-state index in [0.717, 1.165) is 12.1 Å². The SMILES string of the molecule is O=S(=O)(NC1CCC(Oc2ncc(Cl)cn2)CC1)c1cc(F)ccc1F. The lowest BCUT2D eigenvalue weighted by atomic mass is 9.94. The lowest BCUT2D eigenvalue weighted by Gasteiger charge is -2.28. The molecule has 1 aromatic heterocycles. The third-order valence-corrected chi connectivity index (χ3v) is 5.78. The molecule has 0 unspecified atom stereocenters. The van der Waals surface area contributed by atoms with Crippen LogP contribution in [0.3, 0.4) is 0 Å². The zero-order valence-electron chi connectivity index (χ0n) is 13.5. The largest absolute Gasteiger partial charge is 0.460 e. The number of benzene rings is 1. The summed E-state index contributed by atoms with van der Waals surface area (Å²) in [7, 11) is -4.14. The highest BCUT2D eigenvalue weighted by molar-refractivity contribution is 7.89. The molecular formula is C16H16ClF2N3O3S. The second-order valence-corrected chi connectivity index (χ2v) is 8.09. The van der Waals surface area contributed by atoms with Crippen molar-refractivity contribution in [1.82, 2.24) is 14.7 Å². The second-order valence-electron chi connectivity index (χ2n) is 5.97. The van der Waals surface area contributed by atoms with E-state index >= 15 is 0 Å². The summed E-state index contributed by atoms with van der Waals surface area (Å²) in [6.07, 6.45) is 4.84. The summed E-state index contributed by atoms with van der Waals surface area (Å²) in [4.78, 5) is 7.22. The van der Waals surface area contributed by atoms with Gasteiger partial charge in [0.05, 0.1) is 17.4 Å². The van der Waals surface area contributed by atoms with Crippen LogP contribution in [-0.4, -0.2) is 30.5 Å². The molecule has 1 fully saturated rings. The molecule has 0 radical (unpaired) electrons. The van der Waals surface area contributed by atoms with Gasteiger partial charge in [0.25, 0.3) is 0 Å². The molecule has 0 amide bonds. The number of sulfonamides is 1. The molecule has 0 saturated heterocycles. The Morgan fingerprint density at radius 3 is 2.42 bits per heavy atom. The molecule has 0 atom stereocenters. The first-order chi connectivity index (χ1) is 12.3. The molecule has 140 valence electrons. The van der Waals surface area contributed by atoms with Crippen molar-refractivity contribution in [3.05, 3.63) is 47.2 Å². The van der Waals surface area contributed by atoms with Gasteiger partial charge in [0.15, 0.2) is 0 Å². The molecule has 2 aromatic rings. The van der Waals surface area contributed by atoms with Crippen LogP contribution >= 0.6 is 11.6 Å². The van der Waals surface area contributed by atoms with Crippen molar-refractivity contribution < 1.29 is 21.9 Å². The van der Waals surface area contributed by atoms with E-state index in [1.54, 1.807) is 0 Å². The number of nitrogens with zero attached hydrogens (tertiary/aromatic N) is 2. The van der Waals surface area contributed by atoms with Crippen LogP contribution in [0.15, 0.2) is 35.5 Å². The fourth-order valence-corrected chi connectivity index (χ4v) is 4.27. The molecule has 1 aliphatic carbocycles. The molecule has 1 aliphatic rings. The van der Waals surface area contributed by atoms with Crippen LogP contribution in [0, 0.1) is 11.6 Å². The molecule has 0 aliphatic heterocycles. The second kappa shape index (κ2) is 7.81. The van der Waals surface area contributed by atoms with Crippen LogP contribution in [-0.2, 0) is 10.0 Å². The third kappa shape index (κ3) is 4.66. The maximum Gasteiger partial charge on any atom is 0.316 e. The van der Waals surface area contributed by atoms with E-state index < -0.39 is 26.6 Å². The van der Waals surface area contributed by atoms with Gasteiger partial charge in [0.1, 0.15) is 22.6 Å². The van der Waals surface area contributed by atoms with Gasteiger partial charge in [-0.05, 0) is 43.9 Å². The summed E-state index contributed by atoms with van der Waals surface area (Å²) in [6, 6.07) is 2.16. The highest BCUT2D eigenvalue weighted by atomic mass is 35.5. The van der Waals surface area contributed by atoms with Crippen molar-refractivity contribution in [2.24, 2.45) is 0 Å². The van der Waals surface area contributed by atoms with E-state index in [1.165, 1.54) is 12.4 Å². The molecule has 1 heterocycles. The number of rotatable bonds is 5. The molecule has 10 heteroatoms.